The number of ether oxygens (including phenoxy) is 1. The highest BCUT2D eigenvalue weighted by Gasteiger charge is 2.27. The fourth-order valence-electron chi connectivity index (χ4n) is 2.97. The van der Waals surface area contributed by atoms with Crippen LogP contribution in [0.25, 0.3) is 5.65 Å². The molecule has 0 radical (unpaired) electrons. The van der Waals surface area contributed by atoms with Gasteiger partial charge in [-0.3, -0.25) is 4.79 Å². The Kier molecular flexibility index (Phi) is 5.55. The summed E-state index contributed by atoms with van der Waals surface area (Å²) >= 11 is 0. The number of esters is 1. The van der Waals surface area contributed by atoms with E-state index in [1.165, 1.54) is 17.5 Å². The van der Waals surface area contributed by atoms with Gasteiger partial charge in [0.25, 0.3) is 0 Å². The Balaban J connectivity index is 1.45. The number of hydrogen-bond donors (Lipinski definition) is 0. The number of rotatable bonds is 7. The molecule has 0 amide bonds. The third-order valence-electron chi connectivity index (χ3n) is 4.45. The Morgan fingerprint density at radius 3 is 2.88 bits per heavy atom. The van der Waals surface area contributed by atoms with Crippen molar-refractivity contribution >= 4 is 17.4 Å². The number of unbranched alkanes of at least 4 members (excludes halogenated alkanes) is 3. The quantitative estimate of drug-likeness (QED) is 0.565. The van der Waals surface area contributed by atoms with Crippen molar-refractivity contribution < 1.29 is 9.53 Å². The number of fused-ring (bicyclic) bond motifs is 1. The van der Waals surface area contributed by atoms with Gasteiger partial charge in [0, 0.05) is 13.1 Å². The zero-order chi connectivity index (χ0) is 16.8. The monoisotopic (exact) mass is 332 g/mol. The summed E-state index contributed by atoms with van der Waals surface area (Å²) in [5, 5.41) is 15.7. The van der Waals surface area contributed by atoms with E-state index in [4.69, 9.17) is 4.74 Å². The first kappa shape index (κ1) is 16.6. The lowest BCUT2D eigenvalue weighted by Gasteiger charge is -2.31. The molecule has 0 N–H and O–H groups in total. The highest BCUT2D eigenvalue weighted by atomic mass is 16.5. The van der Waals surface area contributed by atoms with Crippen LogP contribution in [0.3, 0.4) is 0 Å². The van der Waals surface area contributed by atoms with Crippen LogP contribution < -0.4 is 4.90 Å². The first-order valence-corrected chi connectivity index (χ1v) is 8.75. The molecule has 2 aromatic rings. The van der Waals surface area contributed by atoms with Gasteiger partial charge in [0.15, 0.2) is 11.5 Å². The van der Waals surface area contributed by atoms with E-state index in [1.54, 1.807) is 0 Å². The number of tetrazole rings is 1. The average molecular weight is 332 g/mol. The minimum Gasteiger partial charge on any atom is -0.465 e. The number of hydrogen-bond acceptors (Lipinski definition) is 7. The zero-order valence-corrected chi connectivity index (χ0v) is 14.1. The largest absolute Gasteiger partial charge is 0.465 e. The number of nitrogens with zero attached hydrogens (tertiary/aromatic N) is 6. The van der Waals surface area contributed by atoms with Crippen LogP contribution in [-0.2, 0) is 9.53 Å². The lowest BCUT2D eigenvalue weighted by molar-refractivity contribution is -0.149. The Morgan fingerprint density at radius 1 is 1.25 bits per heavy atom. The second-order valence-corrected chi connectivity index (χ2v) is 6.21. The third-order valence-corrected chi connectivity index (χ3v) is 4.45. The second-order valence-electron chi connectivity index (χ2n) is 6.21. The van der Waals surface area contributed by atoms with E-state index in [0.717, 1.165) is 44.6 Å². The molecule has 0 atom stereocenters. The molecule has 2 aromatic heterocycles. The summed E-state index contributed by atoms with van der Waals surface area (Å²) in [4.78, 5) is 14.3. The maximum absolute atomic E-state index is 12.1. The molecular formula is C16H24N6O2. The smallest absolute Gasteiger partial charge is 0.309 e. The summed E-state index contributed by atoms with van der Waals surface area (Å²) in [6, 6.07) is 3.76. The van der Waals surface area contributed by atoms with E-state index < -0.39 is 0 Å². The van der Waals surface area contributed by atoms with Crippen molar-refractivity contribution in [1.29, 1.82) is 0 Å². The number of piperidine rings is 1. The zero-order valence-electron chi connectivity index (χ0n) is 14.1. The Bertz CT molecular complexity index is 665. The normalized spacial score (nSPS) is 15.8. The maximum Gasteiger partial charge on any atom is 0.309 e. The summed E-state index contributed by atoms with van der Waals surface area (Å²) in [5.41, 5.74) is 0.625. The third kappa shape index (κ3) is 3.98. The van der Waals surface area contributed by atoms with Crippen LogP contribution in [0, 0.1) is 5.92 Å². The fraction of sp³-hybridized carbons (Fsp3) is 0.688. The van der Waals surface area contributed by atoms with Crippen molar-refractivity contribution in [3.63, 3.8) is 0 Å². The molecule has 1 saturated heterocycles. The van der Waals surface area contributed by atoms with Crippen LogP contribution in [0.15, 0.2) is 12.1 Å². The van der Waals surface area contributed by atoms with Gasteiger partial charge in [0.2, 0.25) is 0 Å². The topological polar surface area (TPSA) is 85.5 Å². The summed E-state index contributed by atoms with van der Waals surface area (Å²) in [6.45, 7) is 4.30. The Morgan fingerprint density at radius 2 is 2.08 bits per heavy atom. The lowest BCUT2D eigenvalue weighted by atomic mass is 9.97. The van der Waals surface area contributed by atoms with Crippen molar-refractivity contribution in [1.82, 2.24) is 25.3 Å². The van der Waals surface area contributed by atoms with E-state index in [-0.39, 0.29) is 11.9 Å². The summed E-state index contributed by atoms with van der Waals surface area (Å²) in [5.74, 6) is 0.792. The molecule has 0 aromatic carbocycles. The first-order valence-electron chi connectivity index (χ1n) is 8.75. The van der Waals surface area contributed by atoms with Crippen LogP contribution in [0.4, 0.5) is 5.82 Å². The molecule has 1 fully saturated rings. The van der Waals surface area contributed by atoms with Gasteiger partial charge in [0.05, 0.1) is 12.5 Å². The van der Waals surface area contributed by atoms with E-state index in [0.29, 0.717) is 12.3 Å². The van der Waals surface area contributed by atoms with Crippen LogP contribution in [0.5, 0.6) is 0 Å². The molecule has 8 heteroatoms. The standard InChI is InChI=1S/C16H24N6O2/c1-2-3-4-5-12-24-16(23)13-8-10-21(11-9-13)15-7-6-14-17-19-20-22(14)18-15/h6-7,13H,2-5,8-12H2,1H3. The number of anilines is 1. The SMILES string of the molecule is CCCCCCOC(=O)C1CCN(c2ccc3nnnn3n2)CC1. The highest BCUT2D eigenvalue weighted by Crippen LogP contribution is 2.22. The lowest BCUT2D eigenvalue weighted by Crippen LogP contribution is -2.37. The molecule has 0 spiro atoms. The molecule has 0 unspecified atom stereocenters. The Labute approximate surface area is 141 Å². The van der Waals surface area contributed by atoms with Crippen LogP contribution in [-0.4, -0.2) is 50.9 Å². The van der Waals surface area contributed by atoms with Gasteiger partial charge in [-0.15, -0.1) is 14.8 Å². The van der Waals surface area contributed by atoms with Gasteiger partial charge >= 0.3 is 5.97 Å². The van der Waals surface area contributed by atoms with E-state index >= 15 is 0 Å². The molecule has 130 valence electrons. The average Bonchev–Trinajstić information content (AvgIpc) is 3.09. The van der Waals surface area contributed by atoms with Crippen LogP contribution >= 0.6 is 0 Å². The van der Waals surface area contributed by atoms with Crippen molar-refractivity contribution in [3.8, 4) is 0 Å². The van der Waals surface area contributed by atoms with Crippen molar-refractivity contribution in [2.24, 2.45) is 5.92 Å². The Hall–Kier alpha value is -2.25. The summed E-state index contributed by atoms with van der Waals surface area (Å²) in [7, 11) is 0. The molecule has 3 heterocycles. The molecule has 0 aliphatic carbocycles. The van der Waals surface area contributed by atoms with Gasteiger partial charge in [-0.1, -0.05) is 26.2 Å². The minimum atomic E-state index is -0.0463. The van der Waals surface area contributed by atoms with Gasteiger partial charge < -0.3 is 9.64 Å². The molecule has 0 saturated carbocycles. The number of aromatic nitrogens is 5. The fourth-order valence-corrected chi connectivity index (χ4v) is 2.97. The van der Waals surface area contributed by atoms with Crippen molar-refractivity contribution in [2.45, 2.75) is 45.4 Å². The van der Waals surface area contributed by atoms with E-state index in [2.05, 4.69) is 32.4 Å². The van der Waals surface area contributed by atoms with Gasteiger partial charge in [0.1, 0.15) is 0 Å². The van der Waals surface area contributed by atoms with Crippen molar-refractivity contribution in [3.05, 3.63) is 12.1 Å². The van der Waals surface area contributed by atoms with Crippen LogP contribution in [0.1, 0.15) is 45.4 Å². The van der Waals surface area contributed by atoms with Crippen molar-refractivity contribution in [2.75, 3.05) is 24.6 Å². The molecule has 1 aliphatic rings. The first-order chi connectivity index (χ1) is 11.8. The second kappa shape index (κ2) is 8.03. The molecule has 8 nitrogen and oxygen atoms in total. The van der Waals surface area contributed by atoms with Gasteiger partial charge in [-0.05, 0) is 41.8 Å². The number of carbonyl (C=O) groups is 1. The molecule has 1 aliphatic heterocycles. The molecule has 0 bridgehead atoms. The maximum atomic E-state index is 12.1. The molecular weight excluding hydrogens is 308 g/mol. The molecule has 24 heavy (non-hydrogen) atoms. The van der Waals surface area contributed by atoms with E-state index in [1.807, 2.05) is 12.1 Å². The highest BCUT2D eigenvalue weighted by molar-refractivity contribution is 5.72. The van der Waals surface area contributed by atoms with Crippen LogP contribution in [0.2, 0.25) is 0 Å². The summed E-state index contributed by atoms with van der Waals surface area (Å²) < 4.78 is 6.84. The van der Waals surface area contributed by atoms with E-state index in [9.17, 15) is 4.79 Å². The number of carbonyl (C=O) groups excluding carboxylic acids is 1. The van der Waals surface area contributed by atoms with Gasteiger partial charge in [-0.2, -0.15) is 0 Å². The van der Waals surface area contributed by atoms with Gasteiger partial charge in [-0.25, -0.2) is 0 Å². The minimum absolute atomic E-state index is 0.00388. The predicted octanol–water partition coefficient (Wildman–Crippen LogP) is 1.86. The molecule has 3 rings (SSSR count). The predicted molar refractivity (Wildman–Crippen MR) is 88.6 cm³/mol. The summed E-state index contributed by atoms with van der Waals surface area (Å²) in [6.07, 6.45) is 6.08.